The van der Waals surface area contributed by atoms with Crippen molar-refractivity contribution in [2.24, 2.45) is 0 Å². The highest BCUT2D eigenvalue weighted by Gasteiger charge is 1.92. The second-order valence-electron chi connectivity index (χ2n) is 2.75. The van der Waals surface area contributed by atoms with Crippen LogP contribution in [-0.4, -0.2) is 6.54 Å². The van der Waals surface area contributed by atoms with E-state index in [0.29, 0.717) is 0 Å². The van der Waals surface area contributed by atoms with E-state index in [2.05, 4.69) is 55.9 Å². The van der Waals surface area contributed by atoms with Crippen LogP contribution < -0.4 is 5.32 Å². The van der Waals surface area contributed by atoms with E-state index in [9.17, 15) is 0 Å². The third kappa shape index (κ3) is 4.60. The van der Waals surface area contributed by atoms with E-state index in [4.69, 9.17) is 0 Å². The molecule has 3 heteroatoms. The Hall–Kier alpha value is -0.120. The normalized spacial score (nSPS) is 10.0. The van der Waals surface area contributed by atoms with Gasteiger partial charge in [-0.2, -0.15) is 0 Å². The van der Waals surface area contributed by atoms with Crippen LogP contribution in [0.5, 0.6) is 0 Å². The molecule has 1 nitrogen and oxygen atoms in total. The maximum Gasteiger partial charge on any atom is 0.0268 e. The lowest BCUT2D eigenvalue weighted by atomic mass is 10.2. The van der Waals surface area contributed by atoms with Crippen molar-refractivity contribution in [1.82, 2.24) is 5.32 Å². The summed E-state index contributed by atoms with van der Waals surface area (Å²) in [5.41, 5.74) is 1.27. The first-order valence-corrected chi connectivity index (χ1v) is 5.55. The molecule has 13 heavy (non-hydrogen) atoms. The fourth-order valence-electron chi connectivity index (χ4n) is 0.945. The summed E-state index contributed by atoms with van der Waals surface area (Å²) < 4.78 is 2.09. The minimum absolute atomic E-state index is 0.802. The minimum atomic E-state index is 0.802. The standard InChI is InChI=1S/C10H11Br2N/c1-8(11)6-13-7-9-2-4-10(12)5-3-9/h2-5,13H,1,6-7H2. The predicted molar refractivity (Wildman–Crippen MR) is 63.9 cm³/mol. The van der Waals surface area contributed by atoms with Crippen LogP contribution in [-0.2, 0) is 6.54 Å². The van der Waals surface area contributed by atoms with Crippen molar-refractivity contribution in [3.8, 4) is 0 Å². The van der Waals surface area contributed by atoms with Crippen molar-refractivity contribution >= 4 is 31.9 Å². The molecule has 1 N–H and O–H groups in total. The van der Waals surface area contributed by atoms with Crippen molar-refractivity contribution < 1.29 is 0 Å². The molecule has 0 saturated carbocycles. The zero-order valence-corrected chi connectivity index (χ0v) is 10.4. The van der Waals surface area contributed by atoms with Gasteiger partial charge < -0.3 is 5.32 Å². The molecule has 1 aromatic carbocycles. The van der Waals surface area contributed by atoms with Gasteiger partial charge in [-0.05, 0) is 17.7 Å². The summed E-state index contributed by atoms with van der Waals surface area (Å²) in [6.07, 6.45) is 0. The molecule has 0 bridgehead atoms. The highest BCUT2D eigenvalue weighted by atomic mass is 79.9. The highest BCUT2D eigenvalue weighted by Crippen LogP contribution is 2.10. The molecule has 1 aromatic rings. The Morgan fingerprint density at radius 3 is 2.46 bits per heavy atom. The van der Waals surface area contributed by atoms with E-state index in [0.717, 1.165) is 22.0 Å². The molecule has 0 aliphatic heterocycles. The van der Waals surface area contributed by atoms with E-state index in [1.165, 1.54) is 5.56 Å². The Bertz CT molecular complexity index is 279. The summed E-state index contributed by atoms with van der Waals surface area (Å²) in [6.45, 7) is 5.42. The van der Waals surface area contributed by atoms with Crippen LogP contribution >= 0.6 is 31.9 Å². The number of benzene rings is 1. The van der Waals surface area contributed by atoms with Crippen LogP contribution in [0.4, 0.5) is 0 Å². The lowest BCUT2D eigenvalue weighted by Gasteiger charge is -2.03. The monoisotopic (exact) mass is 303 g/mol. The summed E-state index contributed by atoms with van der Waals surface area (Å²) in [6, 6.07) is 8.27. The molecule has 70 valence electrons. The topological polar surface area (TPSA) is 12.0 Å². The first-order valence-electron chi connectivity index (χ1n) is 3.97. The van der Waals surface area contributed by atoms with Crippen molar-refractivity contribution in [3.05, 3.63) is 45.4 Å². The number of rotatable bonds is 4. The fourth-order valence-corrected chi connectivity index (χ4v) is 1.41. The fraction of sp³-hybridized carbons (Fsp3) is 0.200. The van der Waals surface area contributed by atoms with Crippen molar-refractivity contribution in [1.29, 1.82) is 0 Å². The molecule has 0 aliphatic carbocycles. The largest absolute Gasteiger partial charge is 0.308 e. The van der Waals surface area contributed by atoms with Crippen molar-refractivity contribution in [2.45, 2.75) is 6.54 Å². The molecule has 0 atom stereocenters. The molecule has 0 spiro atoms. The minimum Gasteiger partial charge on any atom is -0.308 e. The molecule has 0 saturated heterocycles. The number of hydrogen-bond donors (Lipinski definition) is 1. The van der Waals surface area contributed by atoms with Gasteiger partial charge in [-0.1, -0.05) is 50.6 Å². The first-order chi connectivity index (χ1) is 6.18. The number of halogens is 2. The molecule has 0 aliphatic rings. The van der Waals surface area contributed by atoms with Crippen molar-refractivity contribution in [3.63, 3.8) is 0 Å². The van der Waals surface area contributed by atoms with Gasteiger partial charge in [0, 0.05) is 22.0 Å². The average molecular weight is 305 g/mol. The van der Waals surface area contributed by atoms with Crippen LogP contribution in [0.3, 0.4) is 0 Å². The summed E-state index contributed by atoms with van der Waals surface area (Å²) in [7, 11) is 0. The van der Waals surface area contributed by atoms with Gasteiger partial charge in [0.2, 0.25) is 0 Å². The Kier molecular flexibility index (Phi) is 4.70. The van der Waals surface area contributed by atoms with E-state index in [1.807, 2.05) is 12.1 Å². The van der Waals surface area contributed by atoms with Gasteiger partial charge in [0.1, 0.15) is 0 Å². The Morgan fingerprint density at radius 1 is 1.31 bits per heavy atom. The molecule has 0 fully saturated rings. The second-order valence-corrected chi connectivity index (χ2v) is 4.78. The van der Waals surface area contributed by atoms with Gasteiger partial charge in [0.15, 0.2) is 0 Å². The molecule has 1 rings (SSSR count). The SMILES string of the molecule is C=C(Br)CNCc1ccc(Br)cc1. The van der Waals surface area contributed by atoms with E-state index < -0.39 is 0 Å². The van der Waals surface area contributed by atoms with Crippen LogP contribution in [0.15, 0.2) is 39.8 Å². The highest BCUT2D eigenvalue weighted by molar-refractivity contribution is 9.11. The van der Waals surface area contributed by atoms with Crippen LogP contribution in [0.2, 0.25) is 0 Å². The lowest BCUT2D eigenvalue weighted by molar-refractivity contribution is 0.757. The third-order valence-electron chi connectivity index (χ3n) is 1.56. The van der Waals surface area contributed by atoms with Crippen molar-refractivity contribution in [2.75, 3.05) is 6.54 Å². The maximum absolute atomic E-state index is 3.75. The smallest absolute Gasteiger partial charge is 0.0268 e. The Morgan fingerprint density at radius 2 is 1.92 bits per heavy atom. The quantitative estimate of drug-likeness (QED) is 0.898. The maximum atomic E-state index is 3.75. The molecule has 0 heterocycles. The third-order valence-corrected chi connectivity index (χ3v) is 2.37. The Balaban J connectivity index is 2.37. The van der Waals surface area contributed by atoms with Crippen LogP contribution in [0.25, 0.3) is 0 Å². The second kappa shape index (κ2) is 5.58. The van der Waals surface area contributed by atoms with E-state index in [-0.39, 0.29) is 0 Å². The zero-order chi connectivity index (χ0) is 9.68. The van der Waals surface area contributed by atoms with Gasteiger partial charge in [-0.25, -0.2) is 0 Å². The summed E-state index contributed by atoms with van der Waals surface area (Å²) >= 11 is 6.69. The molecule has 0 unspecified atom stereocenters. The van der Waals surface area contributed by atoms with Gasteiger partial charge in [-0.15, -0.1) is 0 Å². The first kappa shape index (κ1) is 11.0. The molecule has 0 aromatic heterocycles. The van der Waals surface area contributed by atoms with E-state index >= 15 is 0 Å². The number of hydrogen-bond acceptors (Lipinski definition) is 1. The van der Waals surface area contributed by atoms with Crippen LogP contribution in [0, 0.1) is 0 Å². The molecular weight excluding hydrogens is 294 g/mol. The zero-order valence-electron chi connectivity index (χ0n) is 7.19. The Labute approximate surface area is 95.5 Å². The molecule has 0 radical (unpaired) electrons. The lowest BCUT2D eigenvalue weighted by Crippen LogP contribution is -2.14. The summed E-state index contributed by atoms with van der Waals surface area (Å²) in [5, 5.41) is 3.26. The predicted octanol–water partition coefficient (Wildman–Crippen LogP) is 3.45. The van der Waals surface area contributed by atoms with E-state index in [1.54, 1.807) is 0 Å². The van der Waals surface area contributed by atoms with Gasteiger partial charge in [0.25, 0.3) is 0 Å². The molecular formula is C10H11Br2N. The van der Waals surface area contributed by atoms with Gasteiger partial charge >= 0.3 is 0 Å². The summed E-state index contributed by atoms with van der Waals surface area (Å²) in [4.78, 5) is 0. The van der Waals surface area contributed by atoms with Crippen LogP contribution in [0.1, 0.15) is 5.56 Å². The number of nitrogens with one attached hydrogen (secondary N) is 1. The molecule has 0 amide bonds. The van der Waals surface area contributed by atoms with Gasteiger partial charge in [-0.3, -0.25) is 0 Å². The summed E-state index contributed by atoms with van der Waals surface area (Å²) in [5.74, 6) is 0. The van der Waals surface area contributed by atoms with Gasteiger partial charge in [0.05, 0.1) is 0 Å². The average Bonchev–Trinajstić information content (AvgIpc) is 2.08.